The Morgan fingerprint density at radius 1 is 1.25 bits per heavy atom. The Labute approximate surface area is 114 Å². The van der Waals surface area contributed by atoms with Gasteiger partial charge in [-0.3, -0.25) is 4.79 Å². The van der Waals surface area contributed by atoms with Crippen LogP contribution in [0.4, 0.5) is 13.2 Å². The van der Waals surface area contributed by atoms with E-state index in [4.69, 9.17) is 4.74 Å². The van der Waals surface area contributed by atoms with Crippen molar-refractivity contribution in [2.45, 2.75) is 31.9 Å². The molecule has 0 spiro atoms. The predicted octanol–water partition coefficient (Wildman–Crippen LogP) is 3.76. The number of hydrogen-bond donors (Lipinski definition) is 0. The molecule has 0 N–H and O–H groups in total. The van der Waals surface area contributed by atoms with Gasteiger partial charge in [-0.05, 0) is 36.0 Å². The topological polar surface area (TPSA) is 26.3 Å². The van der Waals surface area contributed by atoms with Gasteiger partial charge >= 0.3 is 12.1 Å². The van der Waals surface area contributed by atoms with Gasteiger partial charge < -0.3 is 4.74 Å². The van der Waals surface area contributed by atoms with E-state index in [1.165, 1.54) is 19.2 Å². The van der Waals surface area contributed by atoms with Gasteiger partial charge in [0.05, 0.1) is 18.1 Å². The number of alkyl halides is 3. The van der Waals surface area contributed by atoms with Crippen LogP contribution in [-0.2, 0) is 15.7 Å². The number of rotatable bonds is 2. The average Bonchev–Trinajstić information content (AvgIpc) is 2.33. The van der Waals surface area contributed by atoms with Crippen LogP contribution >= 0.6 is 0 Å². The van der Waals surface area contributed by atoms with Crippen molar-refractivity contribution in [3.63, 3.8) is 0 Å². The van der Waals surface area contributed by atoms with Crippen molar-refractivity contribution >= 4 is 5.97 Å². The van der Waals surface area contributed by atoms with Crippen LogP contribution in [0.15, 0.2) is 24.3 Å². The highest BCUT2D eigenvalue weighted by Gasteiger charge is 2.77. The zero-order valence-corrected chi connectivity index (χ0v) is 11.3. The summed E-state index contributed by atoms with van der Waals surface area (Å²) in [4.78, 5) is 11.9. The Morgan fingerprint density at radius 3 is 2.20 bits per heavy atom. The van der Waals surface area contributed by atoms with Gasteiger partial charge in [-0.2, -0.15) is 13.2 Å². The molecule has 1 unspecified atom stereocenters. The van der Waals surface area contributed by atoms with Crippen molar-refractivity contribution in [2.75, 3.05) is 7.11 Å². The summed E-state index contributed by atoms with van der Waals surface area (Å²) in [5.41, 5.74) is -0.355. The summed E-state index contributed by atoms with van der Waals surface area (Å²) in [6.45, 7) is 2.07. The van der Waals surface area contributed by atoms with Crippen LogP contribution < -0.4 is 0 Å². The van der Waals surface area contributed by atoms with Gasteiger partial charge in [-0.15, -0.1) is 0 Å². The van der Waals surface area contributed by atoms with E-state index in [2.05, 4.69) is 6.92 Å². The second-order valence-corrected chi connectivity index (χ2v) is 6.21. The van der Waals surface area contributed by atoms with Crippen molar-refractivity contribution in [2.24, 2.45) is 10.8 Å². The first-order valence-corrected chi connectivity index (χ1v) is 6.49. The molecule has 0 aliphatic heterocycles. The molecule has 108 valence electrons. The van der Waals surface area contributed by atoms with Crippen molar-refractivity contribution in [3.8, 4) is 0 Å². The molecule has 0 aromatic heterocycles. The Bertz CT molecular complexity index is 553. The summed E-state index contributed by atoms with van der Waals surface area (Å²) in [5.74, 6) is -0.268. The third-order valence-electron chi connectivity index (χ3n) is 4.85. The van der Waals surface area contributed by atoms with E-state index >= 15 is 0 Å². The lowest BCUT2D eigenvalue weighted by Gasteiger charge is -2.73. The smallest absolute Gasteiger partial charge is 0.416 e. The van der Waals surface area contributed by atoms with Gasteiger partial charge in [0, 0.05) is 5.92 Å². The zero-order valence-electron chi connectivity index (χ0n) is 11.3. The van der Waals surface area contributed by atoms with Crippen LogP contribution in [0.1, 0.15) is 36.8 Å². The summed E-state index contributed by atoms with van der Waals surface area (Å²) in [6, 6.07) is 5.15. The molecule has 3 fully saturated rings. The molecule has 0 heterocycles. The lowest BCUT2D eigenvalue weighted by Crippen LogP contribution is -2.70. The van der Waals surface area contributed by atoms with E-state index in [9.17, 15) is 18.0 Å². The molecule has 1 atom stereocenters. The van der Waals surface area contributed by atoms with Crippen molar-refractivity contribution in [1.29, 1.82) is 0 Å². The van der Waals surface area contributed by atoms with Crippen LogP contribution in [0, 0.1) is 10.8 Å². The first-order valence-electron chi connectivity index (χ1n) is 6.49. The largest absolute Gasteiger partial charge is 0.469 e. The van der Waals surface area contributed by atoms with Crippen LogP contribution in [0.3, 0.4) is 0 Å². The van der Waals surface area contributed by atoms with Gasteiger partial charge in [0.1, 0.15) is 0 Å². The maximum absolute atomic E-state index is 12.6. The minimum atomic E-state index is -4.33. The Balaban J connectivity index is 1.89. The molecule has 5 heteroatoms. The van der Waals surface area contributed by atoms with E-state index in [0.717, 1.165) is 30.5 Å². The minimum Gasteiger partial charge on any atom is -0.469 e. The zero-order chi connectivity index (χ0) is 14.8. The minimum absolute atomic E-state index is 0.0218. The maximum Gasteiger partial charge on any atom is 0.416 e. The van der Waals surface area contributed by atoms with Gasteiger partial charge in [-0.1, -0.05) is 19.1 Å². The van der Waals surface area contributed by atoms with Gasteiger partial charge in [0.25, 0.3) is 0 Å². The van der Waals surface area contributed by atoms with Crippen LogP contribution in [-0.4, -0.2) is 13.1 Å². The molecule has 1 aromatic carbocycles. The second kappa shape index (κ2) is 3.77. The molecule has 0 radical (unpaired) electrons. The van der Waals surface area contributed by atoms with Crippen LogP contribution in [0.25, 0.3) is 0 Å². The summed E-state index contributed by atoms with van der Waals surface area (Å²) >= 11 is 0. The molecule has 4 rings (SSSR count). The number of benzene rings is 1. The molecule has 2 nitrogen and oxygen atoms in total. The first-order chi connectivity index (χ1) is 9.23. The Hall–Kier alpha value is -1.52. The van der Waals surface area contributed by atoms with E-state index in [1.54, 1.807) is 0 Å². The summed E-state index contributed by atoms with van der Waals surface area (Å²) in [7, 11) is 1.36. The molecular weight excluding hydrogens is 269 g/mol. The number of esters is 1. The fraction of sp³-hybridized carbons (Fsp3) is 0.533. The SMILES string of the molecule is COC(=O)C12CC(C)(C1)C2c1ccc(C(F)(F)F)cc1. The van der Waals surface area contributed by atoms with Crippen molar-refractivity contribution in [1.82, 2.24) is 0 Å². The summed E-state index contributed by atoms with van der Waals surface area (Å²) in [5, 5.41) is 0. The van der Waals surface area contributed by atoms with Gasteiger partial charge in [-0.25, -0.2) is 0 Å². The first kappa shape index (κ1) is 13.5. The molecule has 3 aliphatic carbocycles. The van der Waals surface area contributed by atoms with Gasteiger partial charge in [0.15, 0.2) is 0 Å². The van der Waals surface area contributed by atoms with Gasteiger partial charge in [0.2, 0.25) is 0 Å². The average molecular weight is 284 g/mol. The van der Waals surface area contributed by atoms with E-state index in [1.807, 2.05) is 0 Å². The number of carbonyl (C=O) groups is 1. The van der Waals surface area contributed by atoms with E-state index < -0.39 is 17.2 Å². The molecule has 0 saturated heterocycles. The summed E-state index contributed by atoms with van der Waals surface area (Å²) < 4.78 is 42.5. The molecule has 3 aliphatic rings. The maximum atomic E-state index is 12.6. The fourth-order valence-corrected chi connectivity index (χ4v) is 4.25. The third-order valence-corrected chi connectivity index (χ3v) is 4.85. The quantitative estimate of drug-likeness (QED) is 0.773. The lowest BCUT2D eigenvalue weighted by molar-refractivity contribution is -0.237. The Kier molecular flexibility index (Phi) is 2.54. The normalized spacial score (nSPS) is 35.0. The van der Waals surface area contributed by atoms with E-state index in [0.29, 0.717) is 0 Å². The lowest BCUT2D eigenvalue weighted by atomic mass is 9.28. The number of carbonyl (C=O) groups excluding carboxylic acids is 1. The summed E-state index contributed by atoms with van der Waals surface area (Å²) in [6.07, 6.45) is -2.80. The highest BCUT2D eigenvalue weighted by molar-refractivity contribution is 5.83. The highest BCUT2D eigenvalue weighted by atomic mass is 19.4. The predicted molar refractivity (Wildman–Crippen MR) is 66.0 cm³/mol. The Morgan fingerprint density at radius 2 is 1.80 bits per heavy atom. The molecule has 20 heavy (non-hydrogen) atoms. The number of methoxy groups -OCH3 is 1. The standard InChI is InChI=1S/C15H15F3O2/c1-13-7-14(8-13,12(19)20-2)11(13)9-3-5-10(6-4-9)15(16,17)18/h3-6,11H,7-8H2,1-2H3. The number of hydrogen-bond acceptors (Lipinski definition) is 2. The molecule has 2 bridgehead atoms. The van der Waals surface area contributed by atoms with Crippen molar-refractivity contribution in [3.05, 3.63) is 35.4 Å². The molecule has 1 aromatic rings. The monoisotopic (exact) mass is 284 g/mol. The number of halogens is 3. The molecule has 0 amide bonds. The second-order valence-electron chi connectivity index (χ2n) is 6.21. The van der Waals surface area contributed by atoms with Crippen molar-refractivity contribution < 1.29 is 22.7 Å². The molecule has 3 saturated carbocycles. The highest BCUT2D eigenvalue weighted by Crippen LogP contribution is 2.81. The van der Waals surface area contributed by atoms with Crippen LogP contribution in [0.5, 0.6) is 0 Å². The third kappa shape index (κ3) is 1.55. The molecular formula is C15H15F3O2. The van der Waals surface area contributed by atoms with E-state index in [-0.39, 0.29) is 17.3 Å². The number of ether oxygens (including phenoxy) is 1. The fourth-order valence-electron chi connectivity index (χ4n) is 4.25. The van der Waals surface area contributed by atoms with Crippen LogP contribution in [0.2, 0.25) is 0 Å².